The monoisotopic (exact) mass is 241 g/mol. The molecular formula is C12H23N3S. The highest BCUT2D eigenvalue weighted by molar-refractivity contribution is 7.98. The molecule has 1 aromatic rings. The van der Waals surface area contributed by atoms with Crippen LogP contribution in [0.5, 0.6) is 0 Å². The van der Waals surface area contributed by atoms with Crippen LogP contribution in [0.25, 0.3) is 0 Å². The molecule has 0 aromatic carbocycles. The van der Waals surface area contributed by atoms with Gasteiger partial charge < -0.3 is 9.88 Å². The number of hydrogen-bond donors (Lipinski definition) is 1. The predicted molar refractivity (Wildman–Crippen MR) is 72.0 cm³/mol. The standard InChI is InChI=1S/C12H23N3S/c1-10(6-7-16-5)15-9-14-8-11(15)12(2,3)13-4/h8-10,13H,6-7H2,1-5H3. The van der Waals surface area contributed by atoms with E-state index in [-0.39, 0.29) is 5.54 Å². The van der Waals surface area contributed by atoms with Crippen molar-refractivity contribution < 1.29 is 0 Å². The average molecular weight is 241 g/mol. The topological polar surface area (TPSA) is 29.9 Å². The molecule has 0 fully saturated rings. The van der Waals surface area contributed by atoms with Crippen LogP contribution in [0.3, 0.4) is 0 Å². The molecule has 0 saturated heterocycles. The van der Waals surface area contributed by atoms with Crippen LogP contribution in [0.4, 0.5) is 0 Å². The second-order valence-corrected chi connectivity index (χ2v) is 5.68. The van der Waals surface area contributed by atoms with E-state index in [1.54, 1.807) is 0 Å². The van der Waals surface area contributed by atoms with E-state index in [1.165, 1.54) is 17.9 Å². The van der Waals surface area contributed by atoms with Gasteiger partial charge in [-0.3, -0.25) is 0 Å². The summed E-state index contributed by atoms with van der Waals surface area (Å²) in [6, 6.07) is 0.512. The molecule has 3 nitrogen and oxygen atoms in total. The van der Waals surface area contributed by atoms with Crippen LogP contribution in [0.2, 0.25) is 0 Å². The van der Waals surface area contributed by atoms with Crippen LogP contribution < -0.4 is 5.32 Å². The molecule has 16 heavy (non-hydrogen) atoms. The van der Waals surface area contributed by atoms with Gasteiger partial charge in [0, 0.05) is 6.04 Å². The van der Waals surface area contributed by atoms with Crippen molar-refractivity contribution in [1.82, 2.24) is 14.9 Å². The Morgan fingerprint density at radius 2 is 2.25 bits per heavy atom. The quantitative estimate of drug-likeness (QED) is 0.830. The van der Waals surface area contributed by atoms with E-state index in [1.807, 2.05) is 31.3 Å². The second kappa shape index (κ2) is 5.73. The minimum Gasteiger partial charge on any atom is -0.330 e. The van der Waals surface area contributed by atoms with E-state index in [2.05, 4.69) is 41.9 Å². The molecule has 92 valence electrons. The fourth-order valence-electron chi connectivity index (χ4n) is 1.70. The van der Waals surface area contributed by atoms with Gasteiger partial charge in [-0.15, -0.1) is 0 Å². The van der Waals surface area contributed by atoms with Gasteiger partial charge in [0.25, 0.3) is 0 Å². The van der Waals surface area contributed by atoms with E-state index in [9.17, 15) is 0 Å². The molecule has 1 aromatic heterocycles. The molecule has 1 rings (SSSR count). The van der Waals surface area contributed by atoms with Gasteiger partial charge in [-0.1, -0.05) is 0 Å². The van der Waals surface area contributed by atoms with Crippen LogP contribution in [0, 0.1) is 0 Å². The summed E-state index contributed by atoms with van der Waals surface area (Å²) in [5, 5.41) is 3.33. The van der Waals surface area contributed by atoms with E-state index in [0.717, 1.165) is 0 Å². The Kier molecular flexibility index (Phi) is 4.87. The van der Waals surface area contributed by atoms with Gasteiger partial charge in [0.2, 0.25) is 0 Å². The van der Waals surface area contributed by atoms with Crippen LogP contribution >= 0.6 is 11.8 Å². The minimum absolute atomic E-state index is 0.0237. The van der Waals surface area contributed by atoms with E-state index in [0.29, 0.717) is 6.04 Å². The first kappa shape index (κ1) is 13.6. The van der Waals surface area contributed by atoms with E-state index < -0.39 is 0 Å². The van der Waals surface area contributed by atoms with Crippen molar-refractivity contribution in [2.24, 2.45) is 0 Å². The maximum Gasteiger partial charge on any atom is 0.0951 e. The van der Waals surface area contributed by atoms with Gasteiger partial charge in [0.05, 0.1) is 23.8 Å². The third-order valence-corrected chi connectivity index (χ3v) is 3.79. The van der Waals surface area contributed by atoms with Crippen molar-refractivity contribution in [1.29, 1.82) is 0 Å². The molecule has 1 N–H and O–H groups in total. The third-order valence-electron chi connectivity index (χ3n) is 3.15. The van der Waals surface area contributed by atoms with Gasteiger partial charge in [-0.2, -0.15) is 11.8 Å². The fraction of sp³-hybridized carbons (Fsp3) is 0.750. The highest BCUT2D eigenvalue weighted by Gasteiger charge is 2.23. The van der Waals surface area contributed by atoms with Crippen molar-refractivity contribution in [2.45, 2.75) is 38.8 Å². The van der Waals surface area contributed by atoms with Crippen molar-refractivity contribution in [3.8, 4) is 0 Å². The number of nitrogens with zero attached hydrogens (tertiary/aromatic N) is 2. The summed E-state index contributed by atoms with van der Waals surface area (Å²) < 4.78 is 2.28. The van der Waals surface area contributed by atoms with Gasteiger partial charge in [-0.25, -0.2) is 4.98 Å². The van der Waals surface area contributed by atoms with Crippen molar-refractivity contribution in [2.75, 3.05) is 19.1 Å². The summed E-state index contributed by atoms with van der Waals surface area (Å²) in [7, 11) is 1.99. The largest absolute Gasteiger partial charge is 0.330 e. The Morgan fingerprint density at radius 1 is 1.56 bits per heavy atom. The Bertz CT molecular complexity index is 320. The fourth-order valence-corrected chi connectivity index (χ4v) is 2.27. The highest BCUT2D eigenvalue weighted by Crippen LogP contribution is 2.24. The van der Waals surface area contributed by atoms with Gasteiger partial charge in [0.1, 0.15) is 0 Å². The molecule has 0 aliphatic rings. The molecule has 0 amide bonds. The minimum atomic E-state index is -0.0237. The van der Waals surface area contributed by atoms with Crippen molar-refractivity contribution in [3.63, 3.8) is 0 Å². The molecule has 0 aliphatic carbocycles. The van der Waals surface area contributed by atoms with Crippen LogP contribution in [0.15, 0.2) is 12.5 Å². The van der Waals surface area contributed by atoms with Crippen molar-refractivity contribution >= 4 is 11.8 Å². The van der Waals surface area contributed by atoms with E-state index >= 15 is 0 Å². The van der Waals surface area contributed by atoms with Gasteiger partial charge in [-0.05, 0) is 46.2 Å². The van der Waals surface area contributed by atoms with Crippen LogP contribution in [0.1, 0.15) is 38.9 Å². The Labute approximate surface area is 103 Å². The molecule has 1 unspecified atom stereocenters. The number of nitrogens with one attached hydrogen (secondary N) is 1. The number of rotatable bonds is 6. The number of aromatic nitrogens is 2. The average Bonchev–Trinajstić information content (AvgIpc) is 2.75. The maximum absolute atomic E-state index is 4.28. The lowest BCUT2D eigenvalue weighted by Gasteiger charge is -2.28. The smallest absolute Gasteiger partial charge is 0.0951 e. The van der Waals surface area contributed by atoms with Crippen LogP contribution in [-0.4, -0.2) is 28.6 Å². The van der Waals surface area contributed by atoms with Crippen LogP contribution in [-0.2, 0) is 5.54 Å². The molecule has 0 aliphatic heterocycles. The zero-order valence-corrected chi connectivity index (χ0v) is 11.8. The Balaban J connectivity index is 2.85. The highest BCUT2D eigenvalue weighted by atomic mass is 32.2. The molecule has 1 atom stereocenters. The number of imidazole rings is 1. The zero-order chi connectivity index (χ0) is 12.2. The first-order chi connectivity index (χ1) is 7.53. The number of thioether (sulfide) groups is 1. The molecule has 0 saturated carbocycles. The zero-order valence-electron chi connectivity index (χ0n) is 10.9. The van der Waals surface area contributed by atoms with E-state index in [4.69, 9.17) is 0 Å². The summed E-state index contributed by atoms with van der Waals surface area (Å²) in [5.74, 6) is 1.19. The normalized spacial score (nSPS) is 14.1. The Hall–Kier alpha value is -0.480. The van der Waals surface area contributed by atoms with Gasteiger partial charge in [0.15, 0.2) is 0 Å². The molecular weight excluding hydrogens is 218 g/mol. The predicted octanol–water partition coefficient (Wildman–Crippen LogP) is 2.65. The second-order valence-electron chi connectivity index (χ2n) is 4.69. The summed E-state index contributed by atoms with van der Waals surface area (Å²) in [6.45, 7) is 6.62. The lowest BCUT2D eigenvalue weighted by molar-refractivity contribution is 0.387. The van der Waals surface area contributed by atoms with Gasteiger partial charge >= 0.3 is 0 Å². The lowest BCUT2D eigenvalue weighted by Crippen LogP contribution is -2.35. The summed E-state index contributed by atoms with van der Waals surface area (Å²) in [4.78, 5) is 4.28. The summed E-state index contributed by atoms with van der Waals surface area (Å²) in [6.07, 6.45) is 7.24. The first-order valence-corrected chi connectivity index (χ1v) is 7.12. The third kappa shape index (κ3) is 3.01. The summed E-state index contributed by atoms with van der Waals surface area (Å²) >= 11 is 1.90. The first-order valence-electron chi connectivity index (χ1n) is 5.73. The maximum atomic E-state index is 4.28. The molecule has 1 heterocycles. The molecule has 0 bridgehead atoms. The SMILES string of the molecule is CNC(C)(C)c1cncn1C(C)CCSC. The Morgan fingerprint density at radius 3 is 2.81 bits per heavy atom. The molecule has 0 spiro atoms. The molecule has 4 heteroatoms. The molecule has 0 radical (unpaired) electrons. The lowest BCUT2D eigenvalue weighted by atomic mass is 10.0. The number of hydrogen-bond acceptors (Lipinski definition) is 3. The summed E-state index contributed by atoms with van der Waals surface area (Å²) in [5.41, 5.74) is 1.23. The van der Waals surface area contributed by atoms with Crippen molar-refractivity contribution in [3.05, 3.63) is 18.2 Å².